The van der Waals surface area contributed by atoms with Gasteiger partial charge in [-0.1, -0.05) is 54.6 Å². The number of carbonyl (C=O) groups excluding carboxylic acids is 1. The molecule has 0 unspecified atom stereocenters. The minimum atomic E-state index is -0.00767. The topological polar surface area (TPSA) is 42.0 Å². The fraction of sp³-hybridized carbons (Fsp3) is 0.200. The van der Waals surface area contributed by atoms with Gasteiger partial charge in [0.15, 0.2) is 0 Å². The molecule has 1 atom stereocenters. The van der Waals surface area contributed by atoms with Crippen molar-refractivity contribution in [3.8, 4) is 0 Å². The number of nitrogens with one attached hydrogen (secondary N) is 1. The van der Waals surface area contributed by atoms with Crippen molar-refractivity contribution in [3.63, 3.8) is 0 Å². The third kappa shape index (κ3) is 4.16. The Bertz CT molecular complexity index is 799. The molecule has 3 rings (SSSR count). The summed E-state index contributed by atoms with van der Waals surface area (Å²) in [6, 6.07) is 22.5. The third-order valence-corrected chi connectivity index (χ3v) is 3.84. The average molecular weight is 304 g/mol. The van der Waals surface area contributed by atoms with Crippen LogP contribution in [-0.2, 0) is 17.6 Å². The normalized spacial score (nSPS) is 12.0. The van der Waals surface area contributed by atoms with E-state index in [2.05, 4.69) is 29.6 Å². The van der Waals surface area contributed by atoms with Crippen LogP contribution in [-0.4, -0.2) is 16.9 Å². The lowest BCUT2D eigenvalue weighted by Crippen LogP contribution is -2.36. The van der Waals surface area contributed by atoms with Crippen molar-refractivity contribution in [1.82, 2.24) is 10.3 Å². The van der Waals surface area contributed by atoms with Crippen LogP contribution in [0.2, 0.25) is 0 Å². The Labute approximate surface area is 136 Å². The summed E-state index contributed by atoms with van der Waals surface area (Å²) in [5.41, 5.74) is 3.21. The summed E-state index contributed by atoms with van der Waals surface area (Å²) in [6.07, 6.45) is 1.52. The highest BCUT2D eigenvalue weighted by molar-refractivity contribution is 5.78. The third-order valence-electron chi connectivity index (χ3n) is 3.84. The molecule has 1 heterocycles. The predicted octanol–water partition coefficient (Wildman–Crippen LogP) is 3.52. The smallest absolute Gasteiger partial charge is 0.217 e. The SMILES string of the molecule is CC(=O)N[C@@H](Cc1ccccc1)Cc1ccc2ccccc2n1. The van der Waals surface area contributed by atoms with E-state index in [0.717, 1.165) is 29.4 Å². The van der Waals surface area contributed by atoms with Crippen molar-refractivity contribution in [2.24, 2.45) is 0 Å². The van der Waals surface area contributed by atoms with E-state index in [1.54, 1.807) is 6.92 Å². The molecular formula is C20H20N2O. The minimum Gasteiger partial charge on any atom is -0.353 e. The summed E-state index contributed by atoms with van der Waals surface area (Å²) >= 11 is 0. The van der Waals surface area contributed by atoms with Crippen LogP contribution in [0, 0.1) is 0 Å². The van der Waals surface area contributed by atoms with Crippen LogP contribution in [0.5, 0.6) is 0 Å². The van der Waals surface area contributed by atoms with Crippen LogP contribution in [0.1, 0.15) is 18.2 Å². The van der Waals surface area contributed by atoms with Gasteiger partial charge in [-0.15, -0.1) is 0 Å². The van der Waals surface area contributed by atoms with Gasteiger partial charge in [0.1, 0.15) is 0 Å². The van der Waals surface area contributed by atoms with E-state index >= 15 is 0 Å². The molecule has 3 heteroatoms. The maximum atomic E-state index is 11.5. The highest BCUT2D eigenvalue weighted by Gasteiger charge is 2.13. The predicted molar refractivity (Wildman–Crippen MR) is 93.2 cm³/mol. The van der Waals surface area contributed by atoms with Gasteiger partial charge in [0, 0.05) is 30.5 Å². The van der Waals surface area contributed by atoms with E-state index in [0.29, 0.717) is 0 Å². The van der Waals surface area contributed by atoms with Crippen molar-refractivity contribution in [3.05, 3.63) is 78.0 Å². The Morgan fingerprint density at radius 2 is 1.70 bits per heavy atom. The summed E-state index contributed by atoms with van der Waals surface area (Å²) in [5.74, 6) is -0.00767. The lowest BCUT2D eigenvalue weighted by molar-refractivity contribution is -0.119. The molecule has 0 aliphatic heterocycles. The number of hydrogen-bond acceptors (Lipinski definition) is 2. The zero-order valence-electron chi connectivity index (χ0n) is 13.2. The van der Waals surface area contributed by atoms with Gasteiger partial charge in [-0.25, -0.2) is 0 Å². The molecule has 3 aromatic rings. The summed E-state index contributed by atoms with van der Waals surface area (Å²) in [7, 11) is 0. The summed E-state index contributed by atoms with van der Waals surface area (Å²) in [5, 5.41) is 4.18. The summed E-state index contributed by atoms with van der Waals surface area (Å²) in [6.45, 7) is 1.56. The average Bonchev–Trinajstić information content (AvgIpc) is 2.55. The molecule has 0 fully saturated rings. The lowest BCUT2D eigenvalue weighted by atomic mass is 10.0. The van der Waals surface area contributed by atoms with Crippen LogP contribution in [0.25, 0.3) is 10.9 Å². The Morgan fingerprint density at radius 3 is 2.48 bits per heavy atom. The molecule has 2 aromatic carbocycles. The van der Waals surface area contributed by atoms with Crippen molar-refractivity contribution in [2.75, 3.05) is 0 Å². The fourth-order valence-corrected chi connectivity index (χ4v) is 2.83. The highest BCUT2D eigenvalue weighted by Crippen LogP contribution is 2.14. The molecule has 1 amide bonds. The zero-order valence-corrected chi connectivity index (χ0v) is 13.2. The first-order chi connectivity index (χ1) is 11.2. The van der Waals surface area contributed by atoms with E-state index in [9.17, 15) is 4.79 Å². The number of pyridine rings is 1. The number of benzene rings is 2. The number of nitrogens with zero attached hydrogens (tertiary/aromatic N) is 1. The molecule has 0 aliphatic carbocycles. The van der Waals surface area contributed by atoms with E-state index in [-0.39, 0.29) is 11.9 Å². The molecule has 116 valence electrons. The Balaban J connectivity index is 1.80. The number of carbonyl (C=O) groups is 1. The molecular weight excluding hydrogens is 284 g/mol. The number of amides is 1. The van der Waals surface area contributed by atoms with E-state index in [4.69, 9.17) is 4.98 Å². The fourth-order valence-electron chi connectivity index (χ4n) is 2.83. The van der Waals surface area contributed by atoms with Crippen molar-refractivity contribution in [1.29, 1.82) is 0 Å². The van der Waals surface area contributed by atoms with Gasteiger partial charge in [-0.3, -0.25) is 9.78 Å². The molecule has 0 radical (unpaired) electrons. The Kier molecular flexibility index (Phi) is 4.67. The van der Waals surface area contributed by atoms with Gasteiger partial charge in [0.25, 0.3) is 0 Å². The standard InChI is InChI=1S/C20H20N2O/c1-15(23)21-19(13-16-7-3-2-4-8-16)14-18-12-11-17-9-5-6-10-20(17)22-18/h2-12,19H,13-14H2,1H3,(H,21,23)/t19-/m0/s1. The van der Waals surface area contributed by atoms with Crippen LogP contribution < -0.4 is 5.32 Å². The summed E-state index contributed by atoms with van der Waals surface area (Å²) in [4.78, 5) is 16.2. The maximum Gasteiger partial charge on any atom is 0.217 e. The molecule has 0 aliphatic rings. The molecule has 1 aromatic heterocycles. The van der Waals surface area contributed by atoms with Crippen molar-refractivity contribution >= 4 is 16.8 Å². The number of fused-ring (bicyclic) bond motifs is 1. The number of rotatable bonds is 5. The largest absolute Gasteiger partial charge is 0.353 e. The second kappa shape index (κ2) is 7.05. The molecule has 0 saturated carbocycles. The van der Waals surface area contributed by atoms with Gasteiger partial charge in [-0.05, 0) is 24.1 Å². The maximum absolute atomic E-state index is 11.5. The number of para-hydroxylation sites is 1. The first-order valence-corrected chi connectivity index (χ1v) is 7.86. The molecule has 23 heavy (non-hydrogen) atoms. The van der Waals surface area contributed by atoms with E-state index in [1.807, 2.05) is 42.5 Å². The zero-order chi connectivity index (χ0) is 16.1. The molecule has 0 saturated heterocycles. The van der Waals surface area contributed by atoms with Gasteiger partial charge < -0.3 is 5.32 Å². The van der Waals surface area contributed by atoms with Crippen LogP contribution >= 0.6 is 0 Å². The van der Waals surface area contributed by atoms with E-state index < -0.39 is 0 Å². The lowest BCUT2D eigenvalue weighted by Gasteiger charge is -2.18. The Hall–Kier alpha value is -2.68. The molecule has 0 spiro atoms. The van der Waals surface area contributed by atoms with Crippen molar-refractivity contribution in [2.45, 2.75) is 25.8 Å². The molecule has 0 bridgehead atoms. The Morgan fingerprint density at radius 1 is 0.957 bits per heavy atom. The first kappa shape index (κ1) is 15.2. The van der Waals surface area contributed by atoms with Gasteiger partial charge in [0.05, 0.1) is 5.52 Å². The second-order valence-corrected chi connectivity index (χ2v) is 5.79. The van der Waals surface area contributed by atoms with Crippen LogP contribution in [0.3, 0.4) is 0 Å². The first-order valence-electron chi connectivity index (χ1n) is 7.86. The number of hydrogen-bond donors (Lipinski definition) is 1. The minimum absolute atomic E-state index is 0.00767. The summed E-state index contributed by atoms with van der Waals surface area (Å²) < 4.78 is 0. The van der Waals surface area contributed by atoms with Crippen LogP contribution in [0.4, 0.5) is 0 Å². The van der Waals surface area contributed by atoms with Crippen molar-refractivity contribution < 1.29 is 4.79 Å². The second-order valence-electron chi connectivity index (χ2n) is 5.79. The molecule has 3 nitrogen and oxygen atoms in total. The molecule has 1 N–H and O–H groups in total. The highest BCUT2D eigenvalue weighted by atomic mass is 16.1. The van der Waals surface area contributed by atoms with Gasteiger partial charge >= 0.3 is 0 Å². The monoisotopic (exact) mass is 304 g/mol. The van der Waals surface area contributed by atoms with E-state index in [1.165, 1.54) is 5.56 Å². The quantitative estimate of drug-likeness (QED) is 0.783. The number of aromatic nitrogens is 1. The van der Waals surface area contributed by atoms with Gasteiger partial charge in [-0.2, -0.15) is 0 Å². The van der Waals surface area contributed by atoms with Gasteiger partial charge in [0.2, 0.25) is 5.91 Å². The van der Waals surface area contributed by atoms with Crippen LogP contribution in [0.15, 0.2) is 66.7 Å².